The van der Waals surface area contributed by atoms with Crippen LogP contribution in [-0.4, -0.2) is 16.6 Å². The van der Waals surface area contributed by atoms with E-state index < -0.39 is 10.5 Å². The molecular weight excluding hydrogens is 312 g/mol. The van der Waals surface area contributed by atoms with Crippen LogP contribution in [0.5, 0.6) is 0 Å². The second kappa shape index (κ2) is 6.53. The molecule has 1 unspecified atom stereocenters. The topological polar surface area (TPSA) is 75.4 Å². The quantitative estimate of drug-likeness (QED) is 0.631. The number of aliphatic hydroxyl groups is 1. The van der Waals surface area contributed by atoms with Crippen molar-refractivity contribution in [3.63, 3.8) is 0 Å². The van der Waals surface area contributed by atoms with Crippen LogP contribution >= 0.6 is 22.9 Å². The third kappa shape index (κ3) is 4.01. The molecule has 0 spiro atoms. The van der Waals surface area contributed by atoms with Gasteiger partial charge in [-0.1, -0.05) is 17.7 Å². The maximum Gasteiger partial charge on any atom is 0.288 e. The summed E-state index contributed by atoms with van der Waals surface area (Å²) in [6.07, 6.45) is 0. The summed E-state index contributed by atoms with van der Waals surface area (Å²) in [5.41, 5.74) is 0.508. The first-order valence-corrected chi connectivity index (χ1v) is 7.61. The van der Waals surface area contributed by atoms with Gasteiger partial charge in [-0.15, -0.1) is 0 Å². The van der Waals surface area contributed by atoms with Crippen LogP contribution in [0.3, 0.4) is 0 Å². The zero-order valence-corrected chi connectivity index (χ0v) is 12.9. The lowest BCUT2D eigenvalue weighted by atomic mass is 9.99. The zero-order valence-electron chi connectivity index (χ0n) is 11.4. The first-order chi connectivity index (χ1) is 9.90. The van der Waals surface area contributed by atoms with E-state index in [9.17, 15) is 15.2 Å². The Labute approximate surface area is 131 Å². The zero-order chi connectivity index (χ0) is 15.5. The van der Waals surface area contributed by atoms with E-state index in [-0.39, 0.29) is 10.7 Å². The van der Waals surface area contributed by atoms with E-state index in [1.165, 1.54) is 23.5 Å². The standard InChI is InChI=1S/C14H15ClN2O3S/c1-14(18,11-4-5-21-8-11)9-16-7-10-2-3-12(15)13(6-10)17(19)20/h2-6,8,16,18H,7,9H2,1H3. The summed E-state index contributed by atoms with van der Waals surface area (Å²) in [6.45, 7) is 2.49. The molecule has 0 saturated heterocycles. The Morgan fingerprint density at radius 2 is 2.24 bits per heavy atom. The van der Waals surface area contributed by atoms with Gasteiger partial charge < -0.3 is 10.4 Å². The Hall–Kier alpha value is -1.47. The third-order valence-electron chi connectivity index (χ3n) is 3.15. The highest BCUT2D eigenvalue weighted by molar-refractivity contribution is 7.08. The molecule has 1 aromatic carbocycles. The highest BCUT2D eigenvalue weighted by Crippen LogP contribution is 2.25. The number of nitro groups is 1. The summed E-state index contributed by atoms with van der Waals surface area (Å²) in [4.78, 5) is 10.3. The molecule has 5 nitrogen and oxygen atoms in total. The average Bonchev–Trinajstić information content (AvgIpc) is 2.95. The van der Waals surface area contributed by atoms with Crippen molar-refractivity contribution in [2.45, 2.75) is 19.1 Å². The third-order valence-corrected chi connectivity index (χ3v) is 4.15. The molecule has 0 fully saturated rings. The Morgan fingerprint density at radius 1 is 1.48 bits per heavy atom. The van der Waals surface area contributed by atoms with Gasteiger partial charge in [-0.3, -0.25) is 10.1 Å². The second-order valence-electron chi connectivity index (χ2n) is 4.93. The van der Waals surface area contributed by atoms with Crippen LogP contribution in [0.15, 0.2) is 35.0 Å². The van der Waals surface area contributed by atoms with E-state index in [1.807, 2.05) is 16.8 Å². The highest BCUT2D eigenvalue weighted by Gasteiger charge is 2.23. The summed E-state index contributed by atoms with van der Waals surface area (Å²) < 4.78 is 0. The van der Waals surface area contributed by atoms with Gasteiger partial charge in [-0.2, -0.15) is 11.3 Å². The monoisotopic (exact) mass is 326 g/mol. The number of nitrogens with zero attached hydrogens (tertiary/aromatic N) is 1. The molecule has 2 N–H and O–H groups in total. The van der Waals surface area contributed by atoms with E-state index in [1.54, 1.807) is 13.0 Å². The normalized spacial score (nSPS) is 13.9. The molecule has 0 amide bonds. The van der Waals surface area contributed by atoms with Crippen molar-refractivity contribution in [2.75, 3.05) is 6.54 Å². The number of nitro benzene ring substituents is 1. The molecule has 0 radical (unpaired) electrons. The van der Waals surface area contributed by atoms with E-state index in [0.29, 0.717) is 13.1 Å². The van der Waals surface area contributed by atoms with E-state index in [2.05, 4.69) is 5.32 Å². The van der Waals surface area contributed by atoms with Crippen molar-refractivity contribution in [2.24, 2.45) is 0 Å². The molecule has 112 valence electrons. The molecule has 1 heterocycles. The molecule has 21 heavy (non-hydrogen) atoms. The van der Waals surface area contributed by atoms with Gasteiger partial charge in [0, 0.05) is 19.2 Å². The number of hydrogen-bond donors (Lipinski definition) is 2. The van der Waals surface area contributed by atoms with Crippen LogP contribution in [0.1, 0.15) is 18.1 Å². The van der Waals surface area contributed by atoms with Gasteiger partial charge in [0.05, 0.1) is 10.5 Å². The Kier molecular flexibility index (Phi) is 4.95. The number of nitrogens with one attached hydrogen (secondary N) is 1. The van der Waals surface area contributed by atoms with Crippen molar-refractivity contribution >= 4 is 28.6 Å². The lowest BCUT2D eigenvalue weighted by Crippen LogP contribution is -2.34. The Morgan fingerprint density at radius 3 is 2.86 bits per heavy atom. The summed E-state index contributed by atoms with van der Waals surface area (Å²) in [5.74, 6) is 0. The highest BCUT2D eigenvalue weighted by atomic mass is 35.5. The molecule has 7 heteroatoms. The van der Waals surface area contributed by atoms with Crippen LogP contribution in [-0.2, 0) is 12.1 Å². The summed E-state index contributed by atoms with van der Waals surface area (Å²) >= 11 is 7.29. The fraction of sp³-hybridized carbons (Fsp3) is 0.286. The summed E-state index contributed by atoms with van der Waals surface area (Å²) in [6, 6.07) is 6.55. The first kappa shape index (κ1) is 15.9. The van der Waals surface area contributed by atoms with Crippen molar-refractivity contribution in [1.82, 2.24) is 5.32 Å². The van der Waals surface area contributed by atoms with Gasteiger partial charge in [0.25, 0.3) is 5.69 Å². The van der Waals surface area contributed by atoms with Gasteiger partial charge in [0.2, 0.25) is 0 Å². The van der Waals surface area contributed by atoms with E-state index in [0.717, 1.165) is 11.1 Å². The molecular formula is C14H15ClN2O3S. The smallest absolute Gasteiger partial charge is 0.288 e. The number of thiophene rings is 1. The van der Waals surface area contributed by atoms with Crippen molar-refractivity contribution in [3.8, 4) is 0 Å². The summed E-state index contributed by atoms with van der Waals surface area (Å²) in [7, 11) is 0. The lowest BCUT2D eigenvalue weighted by molar-refractivity contribution is -0.384. The fourth-order valence-electron chi connectivity index (χ4n) is 1.93. The Bertz CT molecular complexity index is 629. The molecule has 1 atom stereocenters. The molecule has 0 saturated carbocycles. The van der Waals surface area contributed by atoms with Crippen LogP contribution in [0.2, 0.25) is 5.02 Å². The minimum absolute atomic E-state index is 0.111. The molecule has 0 bridgehead atoms. The second-order valence-corrected chi connectivity index (χ2v) is 6.12. The van der Waals surface area contributed by atoms with Gasteiger partial charge in [0.15, 0.2) is 0 Å². The number of rotatable bonds is 6. The molecule has 0 aliphatic carbocycles. The number of benzene rings is 1. The first-order valence-electron chi connectivity index (χ1n) is 6.29. The van der Waals surface area contributed by atoms with Crippen LogP contribution in [0.4, 0.5) is 5.69 Å². The van der Waals surface area contributed by atoms with Gasteiger partial charge in [-0.25, -0.2) is 0 Å². The minimum Gasteiger partial charge on any atom is -0.384 e. The van der Waals surface area contributed by atoms with E-state index in [4.69, 9.17) is 11.6 Å². The van der Waals surface area contributed by atoms with Crippen LogP contribution in [0, 0.1) is 10.1 Å². The lowest BCUT2D eigenvalue weighted by Gasteiger charge is -2.23. The Balaban J connectivity index is 1.98. The predicted octanol–water partition coefficient (Wildman–Crippen LogP) is 3.31. The van der Waals surface area contributed by atoms with Gasteiger partial charge >= 0.3 is 0 Å². The predicted molar refractivity (Wildman–Crippen MR) is 83.7 cm³/mol. The number of halogens is 1. The van der Waals surface area contributed by atoms with Crippen molar-refractivity contribution in [1.29, 1.82) is 0 Å². The van der Waals surface area contributed by atoms with Crippen molar-refractivity contribution in [3.05, 3.63) is 61.3 Å². The average molecular weight is 327 g/mol. The molecule has 2 aromatic rings. The van der Waals surface area contributed by atoms with Crippen LogP contribution in [0.25, 0.3) is 0 Å². The molecule has 0 aliphatic rings. The van der Waals surface area contributed by atoms with Gasteiger partial charge in [-0.05, 0) is 40.9 Å². The van der Waals surface area contributed by atoms with Crippen molar-refractivity contribution < 1.29 is 10.0 Å². The molecule has 0 aliphatic heterocycles. The number of hydrogen-bond acceptors (Lipinski definition) is 5. The fourth-order valence-corrected chi connectivity index (χ4v) is 2.90. The van der Waals surface area contributed by atoms with Gasteiger partial charge in [0.1, 0.15) is 5.02 Å². The largest absolute Gasteiger partial charge is 0.384 e. The SMILES string of the molecule is CC(O)(CNCc1ccc(Cl)c([N+](=O)[O-])c1)c1ccsc1. The van der Waals surface area contributed by atoms with Crippen LogP contribution < -0.4 is 5.32 Å². The molecule has 1 aromatic heterocycles. The summed E-state index contributed by atoms with van der Waals surface area (Å²) in [5, 5.41) is 28.2. The molecule has 2 rings (SSSR count). The maximum atomic E-state index is 10.8. The van der Waals surface area contributed by atoms with E-state index >= 15 is 0 Å². The minimum atomic E-state index is -0.974. The maximum absolute atomic E-state index is 10.8.